The van der Waals surface area contributed by atoms with Crippen LogP contribution in [0, 0.1) is 12.7 Å². The molecule has 34 heavy (non-hydrogen) atoms. The molecular weight excluding hydrogens is 497 g/mol. The third-order valence-corrected chi connectivity index (χ3v) is 6.57. The van der Waals surface area contributed by atoms with Gasteiger partial charge in [0.2, 0.25) is 0 Å². The number of aromatic nitrogens is 1. The zero-order chi connectivity index (χ0) is 23.8. The fourth-order valence-electron chi connectivity index (χ4n) is 4.25. The first-order chi connectivity index (χ1) is 16.4. The molecule has 1 N–H and O–H groups in total. The lowest BCUT2D eigenvalue weighted by Gasteiger charge is -2.11. The van der Waals surface area contributed by atoms with E-state index in [9.17, 15) is 14.0 Å². The predicted octanol–water partition coefficient (Wildman–Crippen LogP) is 5.99. The molecule has 170 valence electrons. The molecule has 7 heteroatoms. The largest absolute Gasteiger partial charge is 0.340 e. The first kappa shape index (κ1) is 22.1. The number of hydrogen-bond donors (Lipinski definition) is 1. The summed E-state index contributed by atoms with van der Waals surface area (Å²) in [5, 5.41) is 3.70. The topological polar surface area (TPSA) is 54.3 Å². The molecule has 0 bridgehead atoms. The van der Waals surface area contributed by atoms with Crippen molar-refractivity contribution >= 4 is 44.8 Å². The van der Waals surface area contributed by atoms with Crippen molar-refractivity contribution in [3.8, 4) is 0 Å². The average Bonchev–Trinajstić information content (AvgIpc) is 3.25. The lowest BCUT2D eigenvalue weighted by Crippen LogP contribution is -2.30. The summed E-state index contributed by atoms with van der Waals surface area (Å²) < 4.78 is 16.4. The highest BCUT2D eigenvalue weighted by Gasteiger charge is 2.34. The molecule has 3 aromatic carbocycles. The van der Waals surface area contributed by atoms with Crippen molar-refractivity contribution in [2.75, 3.05) is 0 Å². The van der Waals surface area contributed by atoms with Crippen molar-refractivity contribution in [3.63, 3.8) is 0 Å². The number of fused-ring (bicyclic) bond motifs is 1. The summed E-state index contributed by atoms with van der Waals surface area (Å²) >= 11 is 3.48. The number of urea groups is 1. The molecule has 0 aliphatic carbocycles. The summed E-state index contributed by atoms with van der Waals surface area (Å²) in [6, 6.07) is 21.5. The SMILES string of the molecule is Cc1c(C=C2NC(=O)N(Cc3ccc(F)cc3)C2=O)c2ccccc2n1Cc1ccc(Br)cc1. The molecule has 3 amide bonds. The van der Waals surface area contributed by atoms with Gasteiger partial charge in [-0.2, -0.15) is 0 Å². The molecule has 1 fully saturated rings. The summed E-state index contributed by atoms with van der Waals surface area (Å²) in [6.07, 6.45) is 1.75. The van der Waals surface area contributed by atoms with E-state index in [4.69, 9.17) is 0 Å². The second-order valence-corrected chi connectivity index (χ2v) is 9.15. The van der Waals surface area contributed by atoms with E-state index in [1.165, 1.54) is 12.1 Å². The molecule has 5 nitrogen and oxygen atoms in total. The van der Waals surface area contributed by atoms with E-state index < -0.39 is 11.9 Å². The number of benzene rings is 3. The standard InChI is InChI=1S/C27H21BrFN3O2/c1-17-23(14-24-26(33)32(27(34)30-24)16-19-8-12-21(29)13-9-19)22-4-2-3-5-25(22)31(17)15-18-6-10-20(28)11-7-18/h2-14H,15-16H2,1H3,(H,30,34). The van der Waals surface area contributed by atoms with Crippen molar-refractivity contribution in [1.82, 2.24) is 14.8 Å². The van der Waals surface area contributed by atoms with Crippen LogP contribution in [-0.4, -0.2) is 21.4 Å². The van der Waals surface area contributed by atoms with Crippen molar-refractivity contribution in [2.24, 2.45) is 0 Å². The molecule has 1 aliphatic rings. The number of imide groups is 1. The quantitative estimate of drug-likeness (QED) is 0.261. The molecule has 1 aromatic heterocycles. The van der Waals surface area contributed by atoms with Crippen molar-refractivity contribution < 1.29 is 14.0 Å². The van der Waals surface area contributed by atoms with Gasteiger partial charge in [0.25, 0.3) is 5.91 Å². The van der Waals surface area contributed by atoms with Gasteiger partial charge in [-0.3, -0.25) is 9.69 Å². The van der Waals surface area contributed by atoms with Crippen LogP contribution in [-0.2, 0) is 17.9 Å². The van der Waals surface area contributed by atoms with Gasteiger partial charge in [-0.25, -0.2) is 9.18 Å². The highest BCUT2D eigenvalue weighted by atomic mass is 79.9. The van der Waals surface area contributed by atoms with Gasteiger partial charge < -0.3 is 9.88 Å². The van der Waals surface area contributed by atoms with Crippen LogP contribution in [0.2, 0.25) is 0 Å². The van der Waals surface area contributed by atoms with Gasteiger partial charge in [-0.15, -0.1) is 0 Å². The monoisotopic (exact) mass is 517 g/mol. The minimum Gasteiger partial charge on any atom is -0.340 e. The van der Waals surface area contributed by atoms with Crippen LogP contribution in [0.3, 0.4) is 0 Å². The Labute approximate surface area is 204 Å². The number of carbonyl (C=O) groups excluding carboxylic acids is 2. The number of halogens is 2. The summed E-state index contributed by atoms with van der Waals surface area (Å²) in [5.74, 6) is -0.769. The van der Waals surface area contributed by atoms with Gasteiger partial charge in [0, 0.05) is 33.2 Å². The van der Waals surface area contributed by atoms with Crippen molar-refractivity contribution in [2.45, 2.75) is 20.0 Å². The van der Waals surface area contributed by atoms with Gasteiger partial charge in [-0.05, 0) is 54.5 Å². The minimum atomic E-state index is -0.489. The first-order valence-corrected chi connectivity index (χ1v) is 11.6. The Hall–Kier alpha value is -3.71. The van der Waals surface area contributed by atoms with E-state index in [1.807, 2.05) is 37.3 Å². The Bertz CT molecular complexity index is 1440. The Morgan fingerprint density at radius 3 is 2.29 bits per heavy atom. The fourth-order valence-corrected chi connectivity index (χ4v) is 4.51. The maximum atomic E-state index is 13.2. The van der Waals surface area contributed by atoms with Crippen LogP contribution in [0.4, 0.5) is 9.18 Å². The Morgan fingerprint density at radius 1 is 0.912 bits per heavy atom. The smallest absolute Gasteiger partial charge is 0.329 e. The van der Waals surface area contributed by atoms with Crippen LogP contribution in [0.5, 0.6) is 0 Å². The van der Waals surface area contributed by atoms with Crippen LogP contribution in [0.15, 0.2) is 83.0 Å². The maximum absolute atomic E-state index is 13.2. The number of hydrogen-bond acceptors (Lipinski definition) is 2. The van der Waals surface area contributed by atoms with E-state index in [-0.39, 0.29) is 18.1 Å². The predicted molar refractivity (Wildman–Crippen MR) is 133 cm³/mol. The number of para-hydroxylation sites is 1. The first-order valence-electron chi connectivity index (χ1n) is 10.8. The van der Waals surface area contributed by atoms with Gasteiger partial charge in [0.15, 0.2) is 0 Å². The number of rotatable bonds is 5. The van der Waals surface area contributed by atoms with Gasteiger partial charge >= 0.3 is 6.03 Å². The van der Waals surface area contributed by atoms with E-state index in [1.54, 1.807) is 18.2 Å². The zero-order valence-electron chi connectivity index (χ0n) is 18.4. The molecule has 0 saturated carbocycles. The van der Waals surface area contributed by atoms with Crippen LogP contribution >= 0.6 is 15.9 Å². The van der Waals surface area contributed by atoms with Gasteiger partial charge in [-0.1, -0.05) is 58.4 Å². The molecule has 5 rings (SSSR count). The Morgan fingerprint density at radius 2 is 1.56 bits per heavy atom. The number of nitrogens with zero attached hydrogens (tertiary/aromatic N) is 2. The molecule has 1 aliphatic heterocycles. The second kappa shape index (κ2) is 8.91. The van der Waals surface area contributed by atoms with Crippen LogP contribution < -0.4 is 5.32 Å². The minimum absolute atomic E-state index is 0.0760. The zero-order valence-corrected chi connectivity index (χ0v) is 20.0. The molecule has 2 heterocycles. The maximum Gasteiger partial charge on any atom is 0.329 e. The summed E-state index contributed by atoms with van der Waals surface area (Å²) in [7, 11) is 0. The summed E-state index contributed by atoms with van der Waals surface area (Å²) in [5.41, 5.74) is 4.99. The molecule has 0 spiro atoms. The molecule has 4 aromatic rings. The van der Waals surface area contributed by atoms with Crippen molar-refractivity contribution in [1.29, 1.82) is 0 Å². The third-order valence-electron chi connectivity index (χ3n) is 6.04. The third kappa shape index (κ3) is 4.15. The Kier molecular flexibility index (Phi) is 5.79. The fraction of sp³-hybridized carbons (Fsp3) is 0.111. The molecule has 1 saturated heterocycles. The highest BCUT2D eigenvalue weighted by Crippen LogP contribution is 2.30. The van der Waals surface area contributed by atoms with Crippen LogP contribution in [0.1, 0.15) is 22.4 Å². The van der Waals surface area contributed by atoms with Crippen LogP contribution in [0.25, 0.3) is 17.0 Å². The van der Waals surface area contributed by atoms with E-state index in [0.29, 0.717) is 12.1 Å². The lowest BCUT2D eigenvalue weighted by atomic mass is 10.1. The van der Waals surface area contributed by atoms with E-state index >= 15 is 0 Å². The van der Waals surface area contributed by atoms with E-state index in [2.05, 4.69) is 44.0 Å². The van der Waals surface area contributed by atoms with Gasteiger partial charge in [0.1, 0.15) is 11.5 Å². The number of carbonyl (C=O) groups is 2. The normalized spacial score (nSPS) is 14.9. The molecule has 0 radical (unpaired) electrons. The van der Waals surface area contributed by atoms with Gasteiger partial charge in [0.05, 0.1) is 6.54 Å². The number of amides is 3. The lowest BCUT2D eigenvalue weighted by molar-refractivity contribution is -0.123. The molecular formula is C27H21BrFN3O2. The summed E-state index contributed by atoms with van der Waals surface area (Å²) in [4.78, 5) is 26.7. The van der Waals surface area contributed by atoms with E-state index in [0.717, 1.165) is 37.1 Å². The second-order valence-electron chi connectivity index (χ2n) is 8.23. The summed E-state index contributed by atoms with van der Waals surface area (Å²) in [6.45, 7) is 2.77. The average molecular weight is 518 g/mol. The number of nitrogens with one attached hydrogen (secondary N) is 1. The molecule has 0 unspecified atom stereocenters. The highest BCUT2D eigenvalue weighted by molar-refractivity contribution is 9.10. The Balaban J connectivity index is 1.49. The van der Waals surface area contributed by atoms with Crippen molar-refractivity contribution in [3.05, 3.63) is 111 Å². The molecule has 0 atom stereocenters.